The highest BCUT2D eigenvalue weighted by molar-refractivity contribution is 14.1. The van der Waals surface area contributed by atoms with Gasteiger partial charge in [-0.15, -0.1) is 0 Å². The molecule has 0 bridgehead atoms. The summed E-state index contributed by atoms with van der Waals surface area (Å²) in [5.74, 6) is -1.34. The van der Waals surface area contributed by atoms with E-state index >= 15 is 0 Å². The Kier molecular flexibility index (Phi) is 6.17. The van der Waals surface area contributed by atoms with Gasteiger partial charge in [0.25, 0.3) is 5.91 Å². The second-order valence-electron chi connectivity index (χ2n) is 5.36. The van der Waals surface area contributed by atoms with E-state index in [2.05, 4.69) is 10.3 Å². The van der Waals surface area contributed by atoms with Crippen molar-refractivity contribution in [3.8, 4) is 11.3 Å². The molecule has 1 amide bonds. The quantitative estimate of drug-likeness (QED) is 0.400. The Morgan fingerprint density at radius 3 is 2.63 bits per heavy atom. The number of esters is 1. The van der Waals surface area contributed by atoms with Crippen molar-refractivity contribution in [2.24, 2.45) is 0 Å². The number of carbonyl (C=O) groups is 2. The van der Waals surface area contributed by atoms with Crippen molar-refractivity contribution in [2.45, 2.75) is 6.92 Å². The Bertz CT molecular complexity index is 992. The zero-order valence-electron chi connectivity index (χ0n) is 14.2. The SMILES string of the molecule is CCOC(=O)c1sc(NC(=O)c2ccc(F)cc2I)nc1-c1ccccc1. The van der Waals surface area contributed by atoms with E-state index in [0.717, 1.165) is 16.9 Å². The minimum absolute atomic E-state index is 0.237. The fraction of sp³-hybridized carbons (Fsp3) is 0.105. The minimum Gasteiger partial charge on any atom is -0.462 e. The molecular weight excluding hydrogens is 482 g/mol. The summed E-state index contributed by atoms with van der Waals surface area (Å²) in [6.45, 7) is 1.96. The molecule has 0 spiro atoms. The molecule has 1 aromatic heterocycles. The van der Waals surface area contributed by atoms with E-state index in [-0.39, 0.29) is 11.7 Å². The highest BCUT2D eigenvalue weighted by Gasteiger charge is 2.22. The van der Waals surface area contributed by atoms with Gasteiger partial charge in [0.2, 0.25) is 0 Å². The fourth-order valence-corrected chi connectivity index (χ4v) is 3.94. The summed E-state index contributed by atoms with van der Waals surface area (Å²) in [4.78, 5) is 29.5. The summed E-state index contributed by atoms with van der Waals surface area (Å²) >= 11 is 2.94. The number of ether oxygens (including phenoxy) is 1. The van der Waals surface area contributed by atoms with Crippen LogP contribution in [0.15, 0.2) is 48.5 Å². The first-order valence-electron chi connectivity index (χ1n) is 7.99. The monoisotopic (exact) mass is 496 g/mol. The van der Waals surface area contributed by atoms with Crippen LogP contribution in [-0.4, -0.2) is 23.5 Å². The Labute approximate surface area is 172 Å². The van der Waals surface area contributed by atoms with Gasteiger partial charge >= 0.3 is 5.97 Å². The molecule has 1 N–H and O–H groups in total. The maximum Gasteiger partial charge on any atom is 0.350 e. The third-order valence-electron chi connectivity index (χ3n) is 3.53. The summed E-state index contributed by atoms with van der Waals surface area (Å²) in [6.07, 6.45) is 0. The highest BCUT2D eigenvalue weighted by Crippen LogP contribution is 2.32. The van der Waals surface area contributed by atoms with Crippen molar-refractivity contribution in [3.63, 3.8) is 0 Å². The van der Waals surface area contributed by atoms with Gasteiger partial charge in [0, 0.05) is 9.13 Å². The lowest BCUT2D eigenvalue weighted by atomic mass is 10.1. The zero-order valence-corrected chi connectivity index (χ0v) is 17.1. The highest BCUT2D eigenvalue weighted by atomic mass is 127. The molecule has 138 valence electrons. The van der Waals surface area contributed by atoms with Crippen LogP contribution in [-0.2, 0) is 4.74 Å². The number of anilines is 1. The maximum atomic E-state index is 13.2. The van der Waals surface area contributed by atoms with E-state index in [1.54, 1.807) is 6.92 Å². The van der Waals surface area contributed by atoms with Crippen LogP contribution in [0.3, 0.4) is 0 Å². The Morgan fingerprint density at radius 2 is 1.96 bits per heavy atom. The van der Waals surface area contributed by atoms with Crippen molar-refractivity contribution < 1.29 is 18.7 Å². The number of thiazole rings is 1. The standard InChI is InChI=1S/C19H14FIN2O3S/c1-2-26-18(25)16-15(11-6-4-3-5-7-11)22-19(27-16)23-17(24)13-9-8-12(20)10-14(13)21/h3-10H,2H2,1H3,(H,22,23,24). The first-order valence-corrected chi connectivity index (χ1v) is 9.89. The zero-order chi connectivity index (χ0) is 19.4. The minimum atomic E-state index is -0.495. The number of nitrogens with one attached hydrogen (secondary N) is 1. The lowest BCUT2D eigenvalue weighted by Crippen LogP contribution is -2.13. The predicted octanol–water partition coefficient (Wildman–Crippen LogP) is 4.98. The number of carbonyl (C=O) groups excluding carboxylic acids is 2. The van der Waals surface area contributed by atoms with Crippen molar-refractivity contribution in [1.82, 2.24) is 4.98 Å². The number of benzene rings is 2. The maximum absolute atomic E-state index is 13.2. The van der Waals surface area contributed by atoms with E-state index in [1.165, 1.54) is 18.2 Å². The van der Waals surface area contributed by atoms with E-state index in [9.17, 15) is 14.0 Å². The summed E-state index contributed by atoms with van der Waals surface area (Å²) in [7, 11) is 0. The summed E-state index contributed by atoms with van der Waals surface area (Å²) in [6, 6.07) is 13.1. The molecule has 0 aliphatic rings. The number of rotatable bonds is 5. The Morgan fingerprint density at radius 1 is 1.22 bits per heavy atom. The topological polar surface area (TPSA) is 68.3 Å². The molecule has 3 rings (SSSR count). The van der Waals surface area contributed by atoms with Gasteiger partial charge in [-0.2, -0.15) is 0 Å². The molecule has 0 atom stereocenters. The molecule has 0 fully saturated rings. The van der Waals surface area contributed by atoms with Crippen LogP contribution < -0.4 is 5.32 Å². The van der Waals surface area contributed by atoms with Gasteiger partial charge in [-0.3, -0.25) is 10.1 Å². The Hall–Kier alpha value is -2.33. The Balaban J connectivity index is 1.94. The second kappa shape index (κ2) is 8.57. The molecular formula is C19H14FIN2O3S. The molecule has 1 heterocycles. The number of hydrogen-bond donors (Lipinski definition) is 1. The third-order valence-corrected chi connectivity index (χ3v) is 5.37. The number of halogens is 2. The van der Waals surface area contributed by atoms with Gasteiger partial charge < -0.3 is 4.74 Å². The molecule has 8 heteroatoms. The van der Waals surface area contributed by atoms with Crippen LogP contribution in [0.4, 0.5) is 9.52 Å². The van der Waals surface area contributed by atoms with Crippen LogP contribution in [0.2, 0.25) is 0 Å². The largest absolute Gasteiger partial charge is 0.462 e. The molecule has 3 aromatic rings. The average Bonchev–Trinajstić information content (AvgIpc) is 3.06. The molecule has 5 nitrogen and oxygen atoms in total. The lowest BCUT2D eigenvalue weighted by Gasteiger charge is -2.04. The second-order valence-corrected chi connectivity index (χ2v) is 7.52. The van der Waals surface area contributed by atoms with E-state index < -0.39 is 17.7 Å². The number of nitrogens with zero attached hydrogens (tertiary/aromatic N) is 1. The van der Waals surface area contributed by atoms with Crippen LogP contribution in [0.5, 0.6) is 0 Å². The molecule has 0 aliphatic carbocycles. The van der Waals surface area contributed by atoms with E-state index in [1.807, 2.05) is 52.9 Å². The van der Waals surface area contributed by atoms with Gasteiger partial charge in [-0.25, -0.2) is 14.2 Å². The molecule has 0 radical (unpaired) electrons. The summed E-state index contributed by atoms with van der Waals surface area (Å²) in [5, 5.41) is 2.95. The van der Waals surface area contributed by atoms with Crippen molar-refractivity contribution in [1.29, 1.82) is 0 Å². The third kappa shape index (κ3) is 4.51. The average molecular weight is 496 g/mol. The molecule has 2 aromatic carbocycles. The van der Waals surface area contributed by atoms with Gasteiger partial charge in [0.1, 0.15) is 10.7 Å². The predicted molar refractivity (Wildman–Crippen MR) is 111 cm³/mol. The van der Waals surface area contributed by atoms with E-state index in [0.29, 0.717) is 19.7 Å². The number of hydrogen-bond acceptors (Lipinski definition) is 5. The lowest BCUT2D eigenvalue weighted by molar-refractivity contribution is 0.0532. The van der Waals surface area contributed by atoms with Crippen LogP contribution in [0.1, 0.15) is 27.0 Å². The normalized spacial score (nSPS) is 10.5. The van der Waals surface area contributed by atoms with Crippen molar-refractivity contribution >= 4 is 50.9 Å². The van der Waals surface area contributed by atoms with E-state index in [4.69, 9.17) is 4.74 Å². The van der Waals surface area contributed by atoms with Gasteiger partial charge in [0.15, 0.2) is 5.13 Å². The molecule has 0 aliphatic heterocycles. The van der Waals surface area contributed by atoms with Gasteiger partial charge in [-0.1, -0.05) is 41.7 Å². The number of amides is 1. The van der Waals surface area contributed by atoms with Crippen molar-refractivity contribution in [2.75, 3.05) is 11.9 Å². The fourth-order valence-electron chi connectivity index (χ4n) is 2.34. The van der Waals surface area contributed by atoms with Gasteiger partial charge in [0.05, 0.1) is 17.9 Å². The molecule has 0 saturated heterocycles. The van der Waals surface area contributed by atoms with Crippen molar-refractivity contribution in [3.05, 3.63) is 68.4 Å². The first kappa shape index (κ1) is 19.4. The molecule has 0 unspecified atom stereocenters. The smallest absolute Gasteiger partial charge is 0.350 e. The van der Waals surface area contributed by atoms with Crippen LogP contribution in [0.25, 0.3) is 11.3 Å². The summed E-state index contributed by atoms with van der Waals surface area (Å²) in [5.41, 5.74) is 1.52. The first-order chi connectivity index (χ1) is 13.0. The molecule has 0 saturated carbocycles. The molecule has 27 heavy (non-hydrogen) atoms. The summed E-state index contributed by atoms with van der Waals surface area (Å²) < 4.78 is 18.8. The number of aromatic nitrogens is 1. The van der Waals surface area contributed by atoms with Crippen LogP contribution in [0, 0.1) is 9.39 Å². The van der Waals surface area contributed by atoms with Gasteiger partial charge in [-0.05, 0) is 47.7 Å². The van der Waals surface area contributed by atoms with Crippen LogP contribution >= 0.6 is 33.9 Å².